The number of thiol groups is 1. The largest absolute Gasteiger partial charge is 0 e. The predicted molar refractivity (Wildman–Crippen MR) is 222 cm³/mol. The zero-order valence-corrected chi connectivity index (χ0v) is 39.1. The number of phenolic OH excluding ortho intramolecular Hbond substituents is 2. The summed E-state index contributed by atoms with van der Waals surface area (Å²) in [6.07, 6.45) is -9.95. The van der Waals surface area contributed by atoms with E-state index in [1.54, 1.807) is 91.9 Å². The summed E-state index contributed by atoms with van der Waals surface area (Å²) in [6.45, 7) is 0.840. The number of aromatic hydroxyl groups is 2. The molecule has 0 amide bonds. The number of benzene rings is 4. The zero-order valence-electron chi connectivity index (χ0n) is 31.0. The van der Waals surface area contributed by atoms with Gasteiger partial charge in [0.2, 0.25) is 0 Å². The molecule has 58 heavy (non-hydrogen) atoms. The van der Waals surface area contributed by atoms with E-state index >= 15 is 0 Å². The number of ether oxygens (including phenoxy) is 2. The molecule has 319 valence electrons. The van der Waals surface area contributed by atoms with Gasteiger partial charge in [-0.1, -0.05) is 78.7 Å². The molecule has 0 aliphatic carbocycles. The van der Waals surface area contributed by atoms with Crippen molar-refractivity contribution in [2.45, 2.75) is 86.7 Å². The van der Waals surface area contributed by atoms with Crippen molar-refractivity contribution < 1.29 is 94.9 Å². The smallest absolute Gasteiger partial charge is 0 e. The molecule has 6 rings (SSSR count). The third-order valence-electron chi connectivity index (χ3n) is 10.1. The molecular formula is C40H47Cl2I2O12SV-. The first-order valence-corrected chi connectivity index (χ1v) is 28.1. The summed E-state index contributed by atoms with van der Waals surface area (Å²) in [5.74, 6) is 0.352. The van der Waals surface area contributed by atoms with Crippen LogP contribution in [0.4, 0.5) is 0 Å². The molecule has 10 N–H and O–H groups in total. The van der Waals surface area contributed by atoms with Gasteiger partial charge >= 0.3 is 44.3 Å². The van der Waals surface area contributed by atoms with Crippen molar-refractivity contribution in [3.8, 4) is 11.5 Å². The molecule has 2 aliphatic rings. The van der Waals surface area contributed by atoms with E-state index in [0.29, 0.717) is 40.4 Å². The fraction of sp³-hybridized carbons (Fsp3) is 0.400. The van der Waals surface area contributed by atoms with Gasteiger partial charge in [-0.25, -0.2) is 0 Å². The zero-order chi connectivity index (χ0) is 42.0. The van der Waals surface area contributed by atoms with Crippen LogP contribution in [0.15, 0.2) is 84.9 Å². The Morgan fingerprint density at radius 1 is 0.672 bits per heavy atom. The molecule has 1 radical (unpaired) electrons. The van der Waals surface area contributed by atoms with Crippen molar-refractivity contribution in [2.24, 2.45) is 0 Å². The van der Waals surface area contributed by atoms with E-state index < -0.39 is 73.8 Å². The van der Waals surface area contributed by atoms with Crippen LogP contribution in [-0.4, -0.2) is 113 Å². The number of halogens is 4. The fourth-order valence-electron chi connectivity index (χ4n) is 6.90. The number of aliphatic hydroxyl groups is 8. The molecule has 4 aromatic rings. The average Bonchev–Trinajstić information content (AvgIpc) is 3.20. The average molecular weight is 1130 g/mol. The van der Waals surface area contributed by atoms with Gasteiger partial charge < -0.3 is 60.5 Å². The van der Waals surface area contributed by atoms with E-state index in [9.17, 15) is 51.1 Å². The quantitative estimate of drug-likeness (QED) is 0.0841. The normalized spacial score (nSPS) is 28.0. The van der Waals surface area contributed by atoms with Gasteiger partial charge in [-0.15, -0.1) is 0 Å². The first kappa shape index (κ1) is 51.4. The van der Waals surface area contributed by atoms with Crippen LogP contribution in [0.2, 0.25) is 10.0 Å². The molecule has 0 aromatic heterocycles. The first-order valence-electron chi connectivity index (χ1n) is 17.8. The maximum atomic E-state index is 10.7. The molecule has 0 spiro atoms. The maximum Gasteiger partial charge on any atom is 0 e. The molecule has 0 bridgehead atoms. The van der Waals surface area contributed by atoms with Gasteiger partial charge in [0.05, 0.1) is 13.2 Å². The maximum absolute atomic E-state index is 10.7. The second-order valence-corrected chi connectivity index (χ2v) is 23.0. The van der Waals surface area contributed by atoms with Gasteiger partial charge in [0, 0.05) is 28.6 Å². The Balaban J connectivity index is 0.000000287. The van der Waals surface area contributed by atoms with Crippen molar-refractivity contribution in [1.29, 1.82) is 0 Å². The first-order chi connectivity index (χ1) is 27.1. The number of hydrogen-bond acceptors (Lipinski definition) is 13. The van der Waals surface area contributed by atoms with Gasteiger partial charge in [-0.3, -0.25) is 0 Å². The molecule has 12 nitrogen and oxygen atoms in total. The molecule has 2 aliphatic heterocycles. The molecule has 1 unspecified atom stereocenters. The summed E-state index contributed by atoms with van der Waals surface area (Å²) >= 11 is 15.2. The third kappa shape index (κ3) is 12.6. The molecule has 4 aromatic carbocycles. The van der Waals surface area contributed by atoms with Gasteiger partial charge in [0.1, 0.15) is 72.0 Å². The topological polar surface area (TPSA) is 221 Å². The van der Waals surface area contributed by atoms with Crippen LogP contribution in [0.3, 0.4) is 0 Å². The second-order valence-electron chi connectivity index (χ2n) is 13.7. The van der Waals surface area contributed by atoms with E-state index in [0.717, 1.165) is 22.3 Å². The fourth-order valence-corrected chi connectivity index (χ4v) is 7.27. The van der Waals surface area contributed by atoms with E-state index in [4.69, 9.17) is 32.7 Å². The number of rotatable bonds is 9. The number of aliphatic hydroxyl groups excluding tert-OH is 8. The second kappa shape index (κ2) is 24.0. The summed E-state index contributed by atoms with van der Waals surface area (Å²) in [5, 5.41) is 100. The number of hydrogen-bond donors (Lipinski definition) is 11. The minimum Gasteiger partial charge on any atom is 0 e. The number of phenols is 2. The molecule has 10 atom stereocenters. The summed E-state index contributed by atoms with van der Waals surface area (Å²) in [4.78, 5) is 0. The molecule has 18 heteroatoms. The Labute approximate surface area is 383 Å². The van der Waals surface area contributed by atoms with Crippen LogP contribution in [0.1, 0.15) is 52.8 Å². The minimum atomic E-state index is -1.46. The van der Waals surface area contributed by atoms with Crippen LogP contribution < -0.4 is 15.8 Å². The Morgan fingerprint density at radius 3 is 1.62 bits per heavy atom. The Morgan fingerprint density at radius 2 is 1.14 bits per heavy atom. The minimum absolute atomic E-state index is 0. The van der Waals surface area contributed by atoms with Crippen LogP contribution in [0.25, 0.3) is 0 Å². The van der Waals surface area contributed by atoms with Gasteiger partial charge in [-0.05, 0) is 89.0 Å². The standard InChI is InChI=1S/C21H25ClO6.C19H21ClO6.HI2S.V/c1-2-21(20(27)19(26)18(25)17(11-23)28-21)14-5-8-16(22)13(10-14)9-12-3-6-15(24)7-4-12;20-14-6-3-11(8-12(14)7-10-1-4-13(22)5-2-10)19-18(25)17(24)16(23)15(9-21)26-19;1-2-3;/h3-8,10,17-20,23-27H,2,9,11H2,1H3;1-6,8,15-19,21-25H,7,9H2;3H;/q;;-1;/t17-,18-,19+,20-,21?;15-,16-,17+,18-,19+;;/m11../s1. The Bertz CT molecular complexity index is 1870. The van der Waals surface area contributed by atoms with E-state index in [2.05, 4.69) is 28.4 Å². The predicted octanol–water partition coefficient (Wildman–Crippen LogP) is 1.13. The van der Waals surface area contributed by atoms with Crippen molar-refractivity contribution in [1.82, 2.24) is 0 Å². The van der Waals surface area contributed by atoms with Gasteiger partial charge in [0.15, 0.2) is 0 Å². The van der Waals surface area contributed by atoms with Gasteiger partial charge in [-0.2, -0.15) is 0 Å². The third-order valence-corrected chi connectivity index (χ3v) is 10.8. The van der Waals surface area contributed by atoms with Crippen molar-refractivity contribution in [3.63, 3.8) is 0 Å². The monoisotopic (exact) mass is 1130 g/mol. The van der Waals surface area contributed by atoms with Crippen LogP contribution >= 0.6 is 51.6 Å². The summed E-state index contributed by atoms with van der Waals surface area (Å²) < 4.78 is 11.5. The molecular weight excluding hydrogens is 1080 g/mol. The Kier molecular flexibility index (Phi) is 21.3. The van der Waals surface area contributed by atoms with Crippen molar-refractivity contribution in [3.05, 3.63) is 128 Å². The van der Waals surface area contributed by atoms with E-state index in [1.807, 2.05) is 0 Å². The summed E-state index contributed by atoms with van der Waals surface area (Å²) in [7, 11) is 3.89. The van der Waals surface area contributed by atoms with E-state index in [-0.39, 0.29) is 45.9 Å². The summed E-state index contributed by atoms with van der Waals surface area (Å²) in [5.41, 5.74) is 3.35. The van der Waals surface area contributed by atoms with Crippen molar-refractivity contribution >= 4 is 51.6 Å². The molecule has 2 fully saturated rings. The SMILES string of the molecule is CCC1(c2ccc(Cl)c(Cc3ccc(O)cc3)c2)O[C@H](CO)[C@@H](O)[C@H](O)[C@H]1O.OC[C@H]1O[C@@H](c2ccc(Cl)c(Cc3ccc(O)cc3)c2)[C@H](O)[C@@H](O)[C@@H]1O.S[I-]I.[V]. The van der Waals surface area contributed by atoms with Crippen LogP contribution in [0.5, 0.6) is 11.5 Å². The van der Waals surface area contributed by atoms with E-state index in [1.165, 1.54) is 0 Å². The van der Waals surface area contributed by atoms with Crippen LogP contribution in [0, 0.1) is 0 Å². The van der Waals surface area contributed by atoms with Crippen LogP contribution in [-0.2, 0) is 46.5 Å². The van der Waals surface area contributed by atoms with Crippen molar-refractivity contribution in [2.75, 3.05) is 13.2 Å². The molecule has 0 saturated carbocycles. The summed E-state index contributed by atoms with van der Waals surface area (Å²) in [6, 6.07) is 23.9. The molecule has 2 heterocycles. The van der Waals surface area contributed by atoms with Gasteiger partial charge in [0.25, 0.3) is 0 Å². The molecule has 2 saturated heterocycles. The Hall–Kier alpha value is -0.946.